The highest BCUT2D eigenvalue weighted by Crippen LogP contribution is 2.37. The normalized spacial score (nSPS) is 24.5. The number of hydrogen-bond acceptors (Lipinski definition) is 10. The maximum atomic E-state index is 6.55. The molecule has 0 spiro atoms. The molecule has 3 unspecified atom stereocenters. The molecule has 2 aliphatic heterocycles. The van der Waals surface area contributed by atoms with Gasteiger partial charge in [-0.1, -0.05) is 64.0 Å². The van der Waals surface area contributed by atoms with Crippen LogP contribution in [-0.4, -0.2) is 74.4 Å². The number of rotatable bonds is 10. The number of ether oxygens (including phenoxy) is 6. The maximum absolute atomic E-state index is 6.55. The molecule has 7 rings (SSSR count). The van der Waals surface area contributed by atoms with E-state index in [4.69, 9.17) is 51.6 Å². The third kappa shape index (κ3) is 6.85. The Morgan fingerprint density at radius 2 is 1.30 bits per heavy atom. The molecule has 4 heterocycles. The average molecular weight is 666 g/mol. The lowest BCUT2D eigenvalue weighted by Crippen LogP contribution is -2.63. The van der Waals surface area contributed by atoms with Gasteiger partial charge in [0, 0.05) is 22.7 Å². The summed E-state index contributed by atoms with van der Waals surface area (Å²) >= 11 is 12.1. The second kappa shape index (κ2) is 14.0. The Morgan fingerprint density at radius 3 is 1.87 bits per heavy atom. The maximum Gasteiger partial charge on any atom is 0.186 e. The van der Waals surface area contributed by atoms with Crippen molar-refractivity contribution in [3.05, 3.63) is 118 Å². The van der Waals surface area contributed by atoms with Gasteiger partial charge in [-0.2, -0.15) is 0 Å². The Balaban J connectivity index is 1.12. The molecule has 0 saturated carbocycles. The molecule has 0 N–H and O–H groups in total. The van der Waals surface area contributed by atoms with Gasteiger partial charge in [-0.25, -0.2) is 9.36 Å². The molecule has 5 aromatic rings. The molecular formula is C32H30Cl2N6O6. The summed E-state index contributed by atoms with van der Waals surface area (Å²) in [4.78, 5) is 0. The number of aromatic nitrogens is 6. The van der Waals surface area contributed by atoms with E-state index < -0.39 is 37.0 Å². The van der Waals surface area contributed by atoms with Crippen molar-refractivity contribution >= 4 is 23.2 Å². The molecule has 0 amide bonds. The summed E-state index contributed by atoms with van der Waals surface area (Å²) in [5, 5.41) is 18.4. The lowest BCUT2D eigenvalue weighted by Gasteiger charge is -2.48. The van der Waals surface area contributed by atoms with Crippen LogP contribution in [0.25, 0.3) is 11.4 Å². The molecule has 3 aromatic carbocycles. The number of fused-ring (bicyclic) bond motifs is 1. The minimum absolute atomic E-state index is 0.115. The van der Waals surface area contributed by atoms with E-state index in [-0.39, 0.29) is 19.8 Å². The fourth-order valence-electron chi connectivity index (χ4n) is 5.41. The van der Waals surface area contributed by atoms with Crippen molar-refractivity contribution < 1.29 is 28.4 Å². The minimum atomic E-state index is -0.775. The van der Waals surface area contributed by atoms with Gasteiger partial charge >= 0.3 is 0 Å². The van der Waals surface area contributed by atoms with Gasteiger partial charge in [0.2, 0.25) is 0 Å². The van der Waals surface area contributed by atoms with Gasteiger partial charge in [0.25, 0.3) is 0 Å². The molecule has 0 bridgehead atoms. The number of methoxy groups -OCH3 is 1. The fourth-order valence-corrected chi connectivity index (χ4v) is 5.67. The van der Waals surface area contributed by atoms with Crippen LogP contribution < -0.4 is 0 Å². The Labute approximate surface area is 274 Å². The van der Waals surface area contributed by atoms with E-state index in [0.29, 0.717) is 21.4 Å². The first-order valence-electron chi connectivity index (χ1n) is 14.6. The van der Waals surface area contributed by atoms with Crippen molar-refractivity contribution in [2.75, 3.05) is 13.7 Å². The summed E-state index contributed by atoms with van der Waals surface area (Å²) in [5.41, 5.74) is 3.74. The zero-order valence-electron chi connectivity index (χ0n) is 24.6. The van der Waals surface area contributed by atoms with E-state index >= 15 is 0 Å². The Morgan fingerprint density at radius 1 is 0.739 bits per heavy atom. The van der Waals surface area contributed by atoms with Gasteiger partial charge in [0.05, 0.1) is 43.6 Å². The van der Waals surface area contributed by atoms with E-state index in [1.165, 1.54) is 0 Å². The number of hydrogen-bond donors (Lipinski definition) is 0. The SMILES string of the molecule is CO[C@@H]1OC2COC(c3ccccc3)O[C@@H]2[C@H](OCc2cn(-c3ccc(Cl)cc3)nn2)C1OCc1cn(-c2ccc(Cl)cc2)nn1. The van der Waals surface area contributed by atoms with Crippen molar-refractivity contribution in [1.82, 2.24) is 30.0 Å². The summed E-state index contributed by atoms with van der Waals surface area (Å²) in [6, 6.07) is 24.3. The second-order valence-corrected chi connectivity index (χ2v) is 11.6. The summed E-state index contributed by atoms with van der Waals surface area (Å²) in [6.45, 7) is 0.521. The first-order chi connectivity index (χ1) is 22.5. The van der Waals surface area contributed by atoms with Crippen LogP contribution in [0.5, 0.6) is 0 Å². The van der Waals surface area contributed by atoms with Crippen LogP contribution in [0, 0.1) is 0 Å². The highest BCUT2D eigenvalue weighted by Gasteiger charge is 2.51. The molecule has 2 fully saturated rings. The first kappa shape index (κ1) is 30.9. The lowest BCUT2D eigenvalue weighted by atomic mass is 9.97. The summed E-state index contributed by atoms with van der Waals surface area (Å²) in [5.74, 6) is 0. The van der Waals surface area contributed by atoms with Crippen molar-refractivity contribution in [2.45, 2.75) is 50.2 Å². The molecule has 12 nitrogen and oxygen atoms in total. The van der Waals surface area contributed by atoms with E-state index in [1.54, 1.807) is 53.1 Å². The Hall–Kier alpha value is -3.72. The molecule has 238 valence electrons. The van der Waals surface area contributed by atoms with Gasteiger partial charge in [-0.15, -0.1) is 10.2 Å². The molecule has 2 aliphatic rings. The van der Waals surface area contributed by atoms with E-state index in [0.717, 1.165) is 16.9 Å². The first-order valence-corrected chi connectivity index (χ1v) is 15.4. The monoisotopic (exact) mass is 664 g/mol. The van der Waals surface area contributed by atoms with E-state index in [2.05, 4.69) is 20.6 Å². The van der Waals surface area contributed by atoms with Crippen LogP contribution in [0.4, 0.5) is 0 Å². The minimum Gasteiger partial charge on any atom is -0.366 e. The molecule has 2 saturated heterocycles. The lowest BCUT2D eigenvalue weighted by molar-refractivity contribution is -0.369. The van der Waals surface area contributed by atoms with Crippen LogP contribution in [0.2, 0.25) is 10.0 Å². The van der Waals surface area contributed by atoms with Gasteiger partial charge in [-0.3, -0.25) is 0 Å². The third-order valence-corrected chi connectivity index (χ3v) is 8.20. The molecular weight excluding hydrogens is 635 g/mol. The molecule has 46 heavy (non-hydrogen) atoms. The van der Waals surface area contributed by atoms with Crippen molar-refractivity contribution in [1.29, 1.82) is 0 Å². The average Bonchev–Trinajstić information content (AvgIpc) is 3.77. The van der Waals surface area contributed by atoms with Crippen LogP contribution in [-0.2, 0) is 41.6 Å². The molecule has 2 aromatic heterocycles. The van der Waals surface area contributed by atoms with Gasteiger partial charge in [-0.05, 0) is 48.5 Å². The van der Waals surface area contributed by atoms with Crippen LogP contribution in [0.1, 0.15) is 23.2 Å². The zero-order valence-corrected chi connectivity index (χ0v) is 26.1. The zero-order chi connectivity index (χ0) is 31.5. The number of halogens is 2. The summed E-state index contributed by atoms with van der Waals surface area (Å²) < 4.78 is 40.9. The molecule has 14 heteroatoms. The predicted molar refractivity (Wildman–Crippen MR) is 166 cm³/mol. The highest BCUT2D eigenvalue weighted by molar-refractivity contribution is 6.30. The smallest absolute Gasteiger partial charge is 0.186 e. The van der Waals surface area contributed by atoms with Crippen LogP contribution in [0.15, 0.2) is 91.3 Å². The molecule has 0 radical (unpaired) electrons. The standard InChI is InChI=1S/C32H30Cl2N6O6/c1-41-32-30(43-18-24-16-40(38-36-24)26-13-9-22(34)10-14-26)29(28-27(45-32)19-44-31(46-28)20-5-3-2-4-6-20)42-17-23-15-39(37-35-23)25-11-7-21(33)8-12-25/h2-16,27-32H,17-19H2,1H3/t27?,28-,29-,30?,31?,32+/m0/s1. The van der Waals surface area contributed by atoms with Crippen LogP contribution in [0.3, 0.4) is 0 Å². The Kier molecular flexibility index (Phi) is 9.38. The largest absolute Gasteiger partial charge is 0.366 e. The highest BCUT2D eigenvalue weighted by atomic mass is 35.5. The van der Waals surface area contributed by atoms with Crippen molar-refractivity contribution in [3.8, 4) is 11.4 Å². The van der Waals surface area contributed by atoms with Gasteiger partial charge < -0.3 is 28.4 Å². The predicted octanol–water partition coefficient (Wildman–Crippen LogP) is 5.11. The summed E-state index contributed by atoms with van der Waals surface area (Å²) in [7, 11) is 1.56. The van der Waals surface area contributed by atoms with E-state index in [1.807, 2.05) is 54.6 Å². The van der Waals surface area contributed by atoms with E-state index in [9.17, 15) is 0 Å². The number of benzene rings is 3. The summed E-state index contributed by atoms with van der Waals surface area (Å²) in [6.07, 6.45) is -0.144. The quantitative estimate of drug-likeness (QED) is 0.199. The van der Waals surface area contributed by atoms with Gasteiger partial charge in [0.1, 0.15) is 35.8 Å². The second-order valence-electron chi connectivity index (χ2n) is 10.8. The fraction of sp³-hybridized carbons (Fsp3) is 0.312. The van der Waals surface area contributed by atoms with Crippen LogP contribution >= 0.6 is 23.2 Å². The molecule has 0 aliphatic carbocycles. The topological polar surface area (TPSA) is 117 Å². The molecule has 6 atom stereocenters. The van der Waals surface area contributed by atoms with Crippen molar-refractivity contribution in [3.63, 3.8) is 0 Å². The number of nitrogens with zero attached hydrogens (tertiary/aromatic N) is 6. The Bertz CT molecular complexity index is 1720. The van der Waals surface area contributed by atoms with Gasteiger partial charge in [0.15, 0.2) is 12.6 Å². The third-order valence-electron chi connectivity index (χ3n) is 7.70. The van der Waals surface area contributed by atoms with Crippen molar-refractivity contribution in [2.24, 2.45) is 0 Å².